The number of ketones is 1. The molecule has 1 aromatic carbocycles. The summed E-state index contributed by atoms with van der Waals surface area (Å²) in [4.78, 5) is 12.6. The predicted molar refractivity (Wildman–Crippen MR) is 64.7 cm³/mol. The van der Waals surface area contributed by atoms with Crippen LogP contribution in [0.15, 0.2) is 23.1 Å². The van der Waals surface area contributed by atoms with Gasteiger partial charge in [-0.1, -0.05) is 13.0 Å². The molecule has 0 fully saturated rings. The highest BCUT2D eigenvalue weighted by atomic mass is 32.2. The maximum atomic E-state index is 11.2. The Bertz CT molecular complexity index is 384. The number of thioether (sulfide) groups is 1. The molecular weight excluding hydrogens is 204 g/mol. The molecule has 1 aliphatic heterocycles. The number of fused-ring (bicyclic) bond motifs is 1. The molecule has 2 rings (SSSR count). The molecule has 0 spiro atoms. The Labute approximate surface area is 95.3 Å². The highest BCUT2D eigenvalue weighted by Gasteiger charge is 2.18. The van der Waals surface area contributed by atoms with Gasteiger partial charge in [-0.05, 0) is 43.9 Å². The van der Waals surface area contributed by atoms with Crippen molar-refractivity contribution >= 4 is 17.5 Å². The molecule has 1 heterocycles. The lowest BCUT2D eigenvalue weighted by Crippen LogP contribution is -2.10. The van der Waals surface area contributed by atoms with Gasteiger partial charge in [-0.25, -0.2) is 0 Å². The van der Waals surface area contributed by atoms with Crippen LogP contribution in [0.1, 0.15) is 42.6 Å². The van der Waals surface area contributed by atoms with Crippen molar-refractivity contribution in [2.45, 2.75) is 43.3 Å². The third kappa shape index (κ3) is 2.25. The van der Waals surface area contributed by atoms with Crippen LogP contribution in [0.4, 0.5) is 0 Å². The average Bonchev–Trinajstić information content (AvgIpc) is 2.27. The van der Waals surface area contributed by atoms with E-state index in [1.165, 1.54) is 23.3 Å². The fourth-order valence-electron chi connectivity index (χ4n) is 1.95. The van der Waals surface area contributed by atoms with Crippen molar-refractivity contribution < 1.29 is 4.79 Å². The largest absolute Gasteiger partial charge is 0.295 e. The molecule has 0 amide bonds. The Balaban J connectivity index is 2.28. The van der Waals surface area contributed by atoms with Gasteiger partial charge in [0.1, 0.15) is 0 Å². The Morgan fingerprint density at radius 1 is 1.53 bits per heavy atom. The van der Waals surface area contributed by atoms with Gasteiger partial charge < -0.3 is 0 Å². The minimum absolute atomic E-state index is 0.167. The average molecular weight is 220 g/mol. The van der Waals surface area contributed by atoms with Crippen LogP contribution < -0.4 is 0 Å². The maximum Gasteiger partial charge on any atom is 0.159 e. The van der Waals surface area contributed by atoms with Crippen molar-refractivity contribution in [2.24, 2.45) is 0 Å². The quantitative estimate of drug-likeness (QED) is 0.707. The topological polar surface area (TPSA) is 17.1 Å². The van der Waals surface area contributed by atoms with E-state index in [4.69, 9.17) is 0 Å². The number of benzene rings is 1. The van der Waals surface area contributed by atoms with Crippen LogP contribution in [0, 0.1) is 0 Å². The van der Waals surface area contributed by atoms with Crippen LogP contribution in [-0.4, -0.2) is 11.0 Å². The Morgan fingerprint density at radius 3 is 3.00 bits per heavy atom. The summed E-state index contributed by atoms with van der Waals surface area (Å²) >= 11 is 1.97. The standard InChI is InChI=1S/C13H16OS/c1-3-12-6-4-11-8-10(9(2)14)5-7-13(11)15-12/h5,7-8,12H,3-4,6H2,1-2H3. The molecule has 0 radical (unpaired) electrons. The molecule has 1 nitrogen and oxygen atoms in total. The van der Waals surface area contributed by atoms with Gasteiger partial charge >= 0.3 is 0 Å². The molecule has 0 aromatic heterocycles. The molecule has 0 bridgehead atoms. The van der Waals surface area contributed by atoms with E-state index < -0.39 is 0 Å². The minimum atomic E-state index is 0.167. The summed E-state index contributed by atoms with van der Waals surface area (Å²) in [5, 5.41) is 0.765. The lowest BCUT2D eigenvalue weighted by Gasteiger charge is -2.23. The molecule has 15 heavy (non-hydrogen) atoms. The summed E-state index contributed by atoms with van der Waals surface area (Å²) in [7, 11) is 0. The number of Topliss-reactive ketones (excluding diaryl/α,β-unsaturated/α-hetero) is 1. The zero-order valence-electron chi connectivity index (χ0n) is 9.25. The Kier molecular flexibility index (Phi) is 3.15. The van der Waals surface area contributed by atoms with Gasteiger partial charge in [-0.3, -0.25) is 4.79 Å². The molecule has 0 saturated heterocycles. The fraction of sp³-hybridized carbons (Fsp3) is 0.462. The lowest BCUT2D eigenvalue weighted by molar-refractivity contribution is 0.101. The van der Waals surface area contributed by atoms with Crippen molar-refractivity contribution in [3.8, 4) is 0 Å². The molecular formula is C13H16OS. The third-order valence-electron chi connectivity index (χ3n) is 2.95. The van der Waals surface area contributed by atoms with Crippen molar-refractivity contribution in [3.05, 3.63) is 29.3 Å². The smallest absolute Gasteiger partial charge is 0.159 e. The van der Waals surface area contributed by atoms with E-state index in [0.717, 1.165) is 17.2 Å². The van der Waals surface area contributed by atoms with Crippen LogP contribution in [0.2, 0.25) is 0 Å². The zero-order chi connectivity index (χ0) is 10.8. The second-order valence-corrected chi connectivity index (χ2v) is 5.41. The van der Waals surface area contributed by atoms with Crippen molar-refractivity contribution in [1.29, 1.82) is 0 Å². The van der Waals surface area contributed by atoms with Crippen LogP contribution >= 0.6 is 11.8 Å². The van der Waals surface area contributed by atoms with Gasteiger partial charge in [0.2, 0.25) is 0 Å². The number of hydrogen-bond acceptors (Lipinski definition) is 2. The molecule has 1 unspecified atom stereocenters. The molecule has 80 valence electrons. The van der Waals surface area contributed by atoms with E-state index in [0.29, 0.717) is 0 Å². The highest BCUT2D eigenvalue weighted by Crippen LogP contribution is 2.37. The Hall–Kier alpha value is -0.760. The zero-order valence-corrected chi connectivity index (χ0v) is 10.1. The molecule has 0 saturated carbocycles. The van der Waals surface area contributed by atoms with Gasteiger partial charge in [0.05, 0.1) is 0 Å². The normalized spacial score (nSPS) is 19.7. The van der Waals surface area contributed by atoms with Crippen molar-refractivity contribution in [3.63, 3.8) is 0 Å². The first-order valence-electron chi connectivity index (χ1n) is 5.51. The molecule has 1 aromatic rings. The Morgan fingerprint density at radius 2 is 2.33 bits per heavy atom. The second-order valence-electron chi connectivity index (χ2n) is 4.07. The predicted octanol–water partition coefficient (Wildman–Crippen LogP) is 3.71. The van der Waals surface area contributed by atoms with E-state index in [2.05, 4.69) is 19.1 Å². The summed E-state index contributed by atoms with van der Waals surface area (Å²) < 4.78 is 0. The van der Waals surface area contributed by atoms with E-state index >= 15 is 0 Å². The summed E-state index contributed by atoms with van der Waals surface area (Å²) in [6.45, 7) is 3.87. The fourth-order valence-corrected chi connectivity index (χ4v) is 3.17. The lowest BCUT2D eigenvalue weighted by atomic mass is 10.0. The van der Waals surface area contributed by atoms with Gasteiger partial charge in [0, 0.05) is 15.7 Å². The van der Waals surface area contributed by atoms with Crippen molar-refractivity contribution in [2.75, 3.05) is 0 Å². The molecule has 0 aliphatic carbocycles. The van der Waals surface area contributed by atoms with Gasteiger partial charge in [0.25, 0.3) is 0 Å². The third-order valence-corrected chi connectivity index (χ3v) is 4.51. The SMILES string of the molecule is CCC1CCc2cc(C(C)=O)ccc2S1. The summed E-state index contributed by atoms with van der Waals surface area (Å²) in [5.41, 5.74) is 2.21. The molecule has 1 atom stereocenters. The first kappa shape index (κ1) is 10.7. The van der Waals surface area contributed by atoms with E-state index in [-0.39, 0.29) is 5.78 Å². The molecule has 2 heteroatoms. The number of carbonyl (C=O) groups is 1. The van der Waals surface area contributed by atoms with Crippen LogP contribution in [0.3, 0.4) is 0 Å². The maximum absolute atomic E-state index is 11.2. The summed E-state index contributed by atoms with van der Waals surface area (Å²) in [5.74, 6) is 0.167. The van der Waals surface area contributed by atoms with Crippen LogP contribution in [0.5, 0.6) is 0 Å². The molecule has 0 N–H and O–H groups in total. The monoisotopic (exact) mass is 220 g/mol. The number of hydrogen-bond donors (Lipinski definition) is 0. The summed E-state index contributed by atoms with van der Waals surface area (Å²) in [6.07, 6.45) is 3.61. The first-order valence-corrected chi connectivity index (χ1v) is 6.39. The number of aryl methyl sites for hydroxylation is 1. The van der Waals surface area contributed by atoms with E-state index in [9.17, 15) is 4.79 Å². The van der Waals surface area contributed by atoms with Crippen molar-refractivity contribution in [1.82, 2.24) is 0 Å². The first-order chi connectivity index (χ1) is 7.20. The van der Waals surface area contributed by atoms with E-state index in [1.807, 2.05) is 17.8 Å². The highest BCUT2D eigenvalue weighted by molar-refractivity contribution is 8.00. The summed E-state index contributed by atoms with van der Waals surface area (Å²) in [6, 6.07) is 6.13. The minimum Gasteiger partial charge on any atom is -0.295 e. The van der Waals surface area contributed by atoms with Crippen LogP contribution in [0.25, 0.3) is 0 Å². The van der Waals surface area contributed by atoms with Gasteiger partial charge in [-0.2, -0.15) is 0 Å². The van der Waals surface area contributed by atoms with Gasteiger partial charge in [0.15, 0.2) is 5.78 Å². The van der Waals surface area contributed by atoms with Gasteiger partial charge in [-0.15, -0.1) is 11.8 Å². The second kappa shape index (κ2) is 4.40. The molecule has 1 aliphatic rings. The number of carbonyl (C=O) groups excluding carboxylic acids is 1. The van der Waals surface area contributed by atoms with E-state index in [1.54, 1.807) is 6.92 Å². The number of rotatable bonds is 2. The van der Waals surface area contributed by atoms with Crippen LogP contribution in [-0.2, 0) is 6.42 Å².